The summed E-state index contributed by atoms with van der Waals surface area (Å²) in [6, 6.07) is 7.20. The van der Waals surface area contributed by atoms with Crippen molar-refractivity contribution in [1.29, 1.82) is 5.26 Å². The molecule has 0 saturated carbocycles. The van der Waals surface area contributed by atoms with Crippen molar-refractivity contribution in [2.45, 2.75) is 45.2 Å². The van der Waals surface area contributed by atoms with Crippen molar-refractivity contribution in [3.63, 3.8) is 0 Å². The molecule has 0 spiro atoms. The van der Waals surface area contributed by atoms with E-state index in [9.17, 15) is 18.0 Å². The Morgan fingerprint density at radius 2 is 1.84 bits per heavy atom. The van der Waals surface area contributed by atoms with Gasteiger partial charge in [-0.3, -0.25) is 4.79 Å². The smallest absolute Gasteiger partial charge is 0.223 e. The van der Waals surface area contributed by atoms with Crippen molar-refractivity contribution in [3.8, 4) is 6.07 Å². The van der Waals surface area contributed by atoms with Gasteiger partial charge in [0.15, 0.2) is 11.6 Å². The van der Waals surface area contributed by atoms with Crippen molar-refractivity contribution in [2.24, 2.45) is 5.92 Å². The summed E-state index contributed by atoms with van der Waals surface area (Å²) in [6.07, 6.45) is 1.73. The molecule has 0 radical (unpaired) electrons. The maximum atomic E-state index is 14.7. The summed E-state index contributed by atoms with van der Waals surface area (Å²) in [5, 5.41) is 12.4. The van der Waals surface area contributed by atoms with E-state index in [2.05, 4.69) is 5.32 Å². The first-order chi connectivity index (χ1) is 14.8. The van der Waals surface area contributed by atoms with Crippen LogP contribution in [0.5, 0.6) is 0 Å². The van der Waals surface area contributed by atoms with Gasteiger partial charge in [0.2, 0.25) is 5.91 Å². The number of nitrogens with zero attached hydrogens (tertiary/aromatic N) is 2. The van der Waals surface area contributed by atoms with Crippen LogP contribution in [0.1, 0.15) is 50.3 Å². The van der Waals surface area contributed by atoms with Crippen molar-refractivity contribution >= 4 is 23.2 Å². The van der Waals surface area contributed by atoms with Crippen LogP contribution in [0.3, 0.4) is 0 Å². The molecule has 0 aliphatic carbocycles. The van der Waals surface area contributed by atoms with Crippen LogP contribution >= 0.6 is 11.6 Å². The minimum atomic E-state index is -1.28. The predicted octanol–water partition coefficient (Wildman–Crippen LogP) is 5.82. The number of rotatable bonds is 7. The Balaban J connectivity index is 1.99. The zero-order valence-corrected chi connectivity index (χ0v) is 18.0. The number of anilines is 1. The number of likely N-dealkylation sites (tertiary alicyclic amines) is 1. The SMILES string of the molecule is CCC(CC)N1C[C@@H](C(Nc2ccc(C#N)c(Cl)c2)c2cc(F)c(F)cc2F)CC1=O. The molecule has 164 valence electrons. The highest BCUT2D eigenvalue weighted by Gasteiger charge is 2.39. The van der Waals surface area contributed by atoms with Gasteiger partial charge in [0.25, 0.3) is 0 Å². The summed E-state index contributed by atoms with van der Waals surface area (Å²) in [5.74, 6) is -3.76. The lowest BCUT2D eigenvalue weighted by Crippen LogP contribution is -2.36. The number of hydrogen-bond donors (Lipinski definition) is 1. The number of carbonyl (C=O) groups is 1. The zero-order valence-electron chi connectivity index (χ0n) is 17.3. The lowest BCUT2D eigenvalue weighted by molar-refractivity contribution is -0.129. The normalized spacial score (nSPS) is 17.2. The summed E-state index contributed by atoms with van der Waals surface area (Å²) in [4.78, 5) is 14.5. The molecule has 3 rings (SSSR count). The minimum absolute atomic E-state index is 0.0497. The highest BCUT2D eigenvalue weighted by atomic mass is 35.5. The average Bonchev–Trinajstić information content (AvgIpc) is 3.11. The molecule has 1 fully saturated rings. The summed E-state index contributed by atoms with van der Waals surface area (Å²) in [7, 11) is 0. The second kappa shape index (κ2) is 9.61. The third kappa shape index (κ3) is 4.80. The van der Waals surface area contributed by atoms with E-state index in [0.29, 0.717) is 18.3 Å². The Morgan fingerprint density at radius 1 is 1.16 bits per heavy atom. The largest absolute Gasteiger partial charge is 0.378 e. The van der Waals surface area contributed by atoms with E-state index in [4.69, 9.17) is 16.9 Å². The molecule has 1 saturated heterocycles. The van der Waals surface area contributed by atoms with Crippen molar-refractivity contribution in [1.82, 2.24) is 4.90 Å². The lowest BCUT2D eigenvalue weighted by Gasteiger charge is -2.29. The first-order valence-corrected chi connectivity index (χ1v) is 10.6. The predicted molar refractivity (Wildman–Crippen MR) is 113 cm³/mol. The number of amides is 1. The van der Waals surface area contributed by atoms with Crippen molar-refractivity contribution in [2.75, 3.05) is 11.9 Å². The molecule has 2 atom stereocenters. The van der Waals surface area contributed by atoms with E-state index >= 15 is 0 Å². The fourth-order valence-corrected chi connectivity index (χ4v) is 4.39. The third-order valence-electron chi connectivity index (χ3n) is 5.83. The molecule has 1 heterocycles. The number of nitrogens with one attached hydrogen (secondary N) is 1. The standard InChI is InChI=1S/C23H23ClF3N3O/c1-3-16(4-2)30-12-14(7-22(30)31)23(17-9-20(26)21(27)10-19(17)25)29-15-6-5-13(11-28)18(24)8-15/h5-6,8-10,14,16,23,29H,3-4,7,12H2,1-2H3/t14-,23?/m0/s1. The molecule has 0 aromatic heterocycles. The van der Waals surface area contributed by atoms with Crippen LogP contribution in [-0.2, 0) is 4.79 Å². The van der Waals surface area contributed by atoms with Crippen molar-refractivity contribution < 1.29 is 18.0 Å². The molecular formula is C23H23ClF3N3O. The van der Waals surface area contributed by atoms with Gasteiger partial charge in [0.05, 0.1) is 16.6 Å². The fraction of sp³-hybridized carbons (Fsp3) is 0.391. The first-order valence-electron chi connectivity index (χ1n) is 10.2. The molecule has 0 bridgehead atoms. The average molecular weight is 450 g/mol. The Hall–Kier alpha value is -2.72. The fourth-order valence-electron chi connectivity index (χ4n) is 4.17. The van der Waals surface area contributed by atoms with Gasteiger partial charge in [-0.25, -0.2) is 13.2 Å². The van der Waals surface area contributed by atoms with Crippen LogP contribution < -0.4 is 5.32 Å². The van der Waals surface area contributed by atoms with Crippen LogP contribution in [0, 0.1) is 34.7 Å². The topological polar surface area (TPSA) is 56.1 Å². The number of nitriles is 1. The highest BCUT2D eigenvalue weighted by Crippen LogP contribution is 2.37. The van der Waals surface area contributed by atoms with Crippen molar-refractivity contribution in [3.05, 3.63) is 63.9 Å². The summed E-state index contributed by atoms with van der Waals surface area (Å²) < 4.78 is 42.2. The van der Waals surface area contributed by atoms with Crippen LogP contribution in [-0.4, -0.2) is 23.4 Å². The summed E-state index contributed by atoms with van der Waals surface area (Å²) in [5.41, 5.74) is 0.689. The Bertz CT molecular complexity index is 1020. The maximum absolute atomic E-state index is 14.7. The molecule has 1 amide bonds. The Kier molecular flexibility index (Phi) is 7.11. The van der Waals surface area contributed by atoms with E-state index < -0.39 is 23.5 Å². The van der Waals surface area contributed by atoms with Gasteiger partial charge in [-0.05, 0) is 37.1 Å². The Labute approximate surface area is 184 Å². The van der Waals surface area contributed by atoms with Gasteiger partial charge >= 0.3 is 0 Å². The van der Waals surface area contributed by atoms with Crippen LogP contribution in [0.2, 0.25) is 5.02 Å². The molecule has 31 heavy (non-hydrogen) atoms. The molecule has 1 unspecified atom stereocenters. The van der Waals surface area contributed by atoms with Gasteiger partial charge < -0.3 is 10.2 Å². The second-order valence-corrected chi connectivity index (χ2v) is 8.10. The lowest BCUT2D eigenvalue weighted by atomic mass is 9.91. The number of benzene rings is 2. The van der Waals surface area contributed by atoms with Crippen LogP contribution in [0.4, 0.5) is 18.9 Å². The van der Waals surface area contributed by atoms with Gasteiger partial charge in [0.1, 0.15) is 11.9 Å². The van der Waals surface area contributed by atoms with Gasteiger partial charge in [-0.2, -0.15) is 5.26 Å². The van der Waals surface area contributed by atoms with E-state index in [1.54, 1.807) is 11.0 Å². The summed E-state index contributed by atoms with van der Waals surface area (Å²) >= 11 is 6.11. The second-order valence-electron chi connectivity index (χ2n) is 7.70. The van der Waals surface area contributed by atoms with Crippen LogP contribution in [0.25, 0.3) is 0 Å². The van der Waals surface area contributed by atoms with Gasteiger partial charge in [-0.15, -0.1) is 0 Å². The van der Waals surface area contributed by atoms with E-state index in [0.717, 1.165) is 18.9 Å². The number of carbonyl (C=O) groups excluding carboxylic acids is 1. The Morgan fingerprint density at radius 3 is 2.45 bits per heavy atom. The molecular weight excluding hydrogens is 427 g/mol. The van der Waals surface area contributed by atoms with E-state index in [1.807, 2.05) is 19.9 Å². The molecule has 8 heteroatoms. The molecule has 1 aliphatic rings. The van der Waals surface area contributed by atoms with Crippen LogP contribution in [0.15, 0.2) is 30.3 Å². The quantitative estimate of drug-likeness (QED) is 0.542. The molecule has 2 aromatic carbocycles. The van der Waals surface area contributed by atoms with E-state index in [-0.39, 0.29) is 40.4 Å². The van der Waals surface area contributed by atoms with Gasteiger partial charge in [-0.1, -0.05) is 25.4 Å². The molecule has 2 aromatic rings. The number of halogens is 4. The first kappa shape index (κ1) is 23.0. The molecule has 1 aliphatic heterocycles. The zero-order chi connectivity index (χ0) is 22.7. The highest BCUT2D eigenvalue weighted by molar-refractivity contribution is 6.32. The number of hydrogen-bond acceptors (Lipinski definition) is 3. The molecule has 1 N–H and O–H groups in total. The van der Waals surface area contributed by atoms with Gasteiger partial charge in [0, 0.05) is 42.2 Å². The monoisotopic (exact) mass is 449 g/mol. The third-order valence-corrected chi connectivity index (χ3v) is 6.14. The minimum Gasteiger partial charge on any atom is -0.378 e. The van der Waals surface area contributed by atoms with E-state index in [1.165, 1.54) is 12.1 Å². The molecule has 4 nitrogen and oxygen atoms in total. The summed E-state index contributed by atoms with van der Waals surface area (Å²) in [6.45, 7) is 4.36. The maximum Gasteiger partial charge on any atom is 0.223 e.